The van der Waals surface area contributed by atoms with Crippen LogP contribution in [0.25, 0.3) is 10.9 Å². The van der Waals surface area contributed by atoms with Crippen LogP contribution in [0.5, 0.6) is 11.5 Å². The van der Waals surface area contributed by atoms with E-state index in [-0.39, 0.29) is 47.1 Å². The van der Waals surface area contributed by atoms with Crippen LogP contribution in [0.2, 0.25) is 5.02 Å². The lowest BCUT2D eigenvalue weighted by Crippen LogP contribution is -2.74. The number of nitrogens with one attached hydrogen (secondary N) is 3. The smallest absolute Gasteiger partial charge is 0.271 e. The number of carbonyl (C=O) groups is 4. The van der Waals surface area contributed by atoms with Crippen LogP contribution in [0.15, 0.2) is 60.7 Å². The second-order valence-corrected chi connectivity index (χ2v) is 18.1. The number of piperazine rings is 1. The molecule has 14 heteroatoms. The third-order valence-electron chi connectivity index (χ3n) is 13.0. The monoisotopic (exact) mass is 833 g/mol. The first-order valence-corrected chi connectivity index (χ1v) is 21.3. The number of rotatable bonds is 13. The van der Waals surface area contributed by atoms with E-state index in [2.05, 4.69) is 77.4 Å². The van der Waals surface area contributed by atoms with Gasteiger partial charge in [-0.25, -0.2) is 0 Å². The van der Waals surface area contributed by atoms with Gasteiger partial charge in [-0.1, -0.05) is 45.4 Å². The molecule has 1 aromatic heterocycles. The summed E-state index contributed by atoms with van der Waals surface area (Å²) in [5, 5.41) is 16.1. The van der Waals surface area contributed by atoms with Crippen molar-refractivity contribution in [1.29, 1.82) is 5.26 Å². The van der Waals surface area contributed by atoms with Crippen LogP contribution in [0.4, 0.5) is 5.69 Å². The van der Waals surface area contributed by atoms with E-state index in [4.69, 9.17) is 21.1 Å². The average Bonchev–Trinajstić information content (AvgIpc) is 3.75. The van der Waals surface area contributed by atoms with Crippen molar-refractivity contribution in [3.8, 4) is 17.6 Å². The number of imide groups is 1. The van der Waals surface area contributed by atoms with E-state index in [1.807, 2.05) is 12.1 Å². The summed E-state index contributed by atoms with van der Waals surface area (Å²) >= 11 is 6.24. The molecule has 13 nitrogen and oxygen atoms in total. The maximum atomic E-state index is 13.3. The van der Waals surface area contributed by atoms with Crippen molar-refractivity contribution in [3.63, 3.8) is 0 Å². The molecule has 1 saturated carbocycles. The second-order valence-electron chi connectivity index (χ2n) is 17.7. The van der Waals surface area contributed by atoms with E-state index in [1.165, 1.54) is 0 Å². The zero-order chi connectivity index (χ0) is 42.3. The first-order valence-electron chi connectivity index (χ1n) is 20.9. The number of hydrogen-bond donors (Lipinski definition) is 3. The minimum atomic E-state index is -0.622. The molecule has 3 aliphatic heterocycles. The zero-order valence-electron chi connectivity index (χ0n) is 34.6. The number of aromatic amines is 1. The van der Waals surface area contributed by atoms with Crippen molar-refractivity contribution in [3.05, 3.63) is 88.1 Å². The molecule has 0 radical (unpaired) electrons. The molecule has 4 aromatic rings. The summed E-state index contributed by atoms with van der Waals surface area (Å²) in [6, 6.07) is 20.0. The topological polar surface area (TPSA) is 160 Å². The van der Waals surface area contributed by atoms with Gasteiger partial charge in [0.2, 0.25) is 11.8 Å². The molecule has 4 heterocycles. The Balaban J connectivity index is 0.731. The fourth-order valence-corrected chi connectivity index (χ4v) is 10.2. The molecule has 60 heavy (non-hydrogen) atoms. The Morgan fingerprint density at radius 1 is 0.933 bits per heavy atom. The van der Waals surface area contributed by atoms with Crippen LogP contribution in [0.3, 0.4) is 0 Å². The lowest BCUT2D eigenvalue weighted by molar-refractivity contribution is -0.164. The molecular weight excluding hydrogens is 782 g/mol. The molecule has 4 aliphatic rings. The van der Waals surface area contributed by atoms with Crippen LogP contribution < -0.4 is 25.0 Å². The molecule has 0 bridgehead atoms. The lowest BCUT2D eigenvalue weighted by atomic mass is 9.49. The summed E-state index contributed by atoms with van der Waals surface area (Å²) in [5.74, 6) is 0.313. The van der Waals surface area contributed by atoms with E-state index in [0.717, 1.165) is 79.9 Å². The van der Waals surface area contributed by atoms with Gasteiger partial charge in [0, 0.05) is 89.8 Å². The van der Waals surface area contributed by atoms with Crippen molar-refractivity contribution >= 4 is 51.8 Å². The first-order chi connectivity index (χ1) is 28.7. The minimum Gasteiger partial charge on any atom is -0.494 e. The Bertz CT molecular complexity index is 2340. The van der Waals surface area contributed by atoms with Crippen molar-refractivity contribution < 1.29 is 28.7 Å². The van der Waals surface area contributed by atoms with Crippen LogP contribution in [-0.2, 0) is 16.1 Å². The summed E-state index contributed by atoms with van der Waals surface area (Å²) in [6.45, 7) is 14.2. The average molecular weight is 834 g/mol. The largest absolute Gasteiger partial charge is 0.494 e. The van der Waals surface area contributed by atoms with E-state index >= 15 is 0 Å². The number of H-pyrrole nitrogens is 1. The molecule has 1 atom stereocenters. The van der Waals surface area contributed by atoms with Gasteiger partial charge in [-0.05, 0) is 80.8 Å². The van der Waals surface area contributed by atoms with Crippen LogP contribution in [-0.4, -0.2) is 95.9 Å². The number of unbranched alkanes of at least 4 members (excludes halogenated alkanes) is 2. The maximum absolute atomic E-state index is 13.3. The fourth-order valence-electron chi connectivity index (χ4n) is 9.95. The predicted molar refractivity (Wildman–Crippen MR) is 228 cm³/mol. The molecule has 0 spiro atoms. The Hall–Kier alpha value is -5.58. The number of fused-ring (bicyclic) bond motifs is 3. The molecular formula is C46H52ClN7O6. The number of nitrogens with zero attached hydrogens (tertiary/aromatic N) is 4. The molecule has 3 aromatic carbocycles. The fraction of sp³-hybridized carbons (Fsp3) is 0.457. The highest BCUT2D eigenvalue weighted by atomic mass is 35.5. The predicted octanol–water partition coefficient (Wildman–Crippen LogP) is 6.44. The van der Waals surface area contributed by atoms with Gasteiger partial charge in [-0.15, -0.1) is 0 Å². The molecule has 314 valence electrons. The quantitative estimate of drug-likeness (QED) is 0.102. The third-order valence-corrected chi connectivity index (χ3v) is 13.3. The van der Waals surface area contributed by atoms with Gasteiger partial charge in [0.05, 0.1) is 17.2 Å². The molecule has 3 fully saturated rings. The molecule has 1 aliphatic carbocycles. The summed E-state index contributed by atoms with van der Waals surface area (Å²) in [5.41, 5.74) is 3.76. The van der Waals surface area contributed by atoms with Gasteiger partial charge in [0.1, 0.15) is 35.4 Å². The van der Waals surface area contributed by atoms with Gasteiger partial charge < -0.3 is 29.6 Å². The van der Waals surface area contributed by atoms with Crippen LogP contribution >= 0.6 is 11.6 Å². The van der Waals surface area contributed by atoms with E-state index in [0.29, 0.717) is 47.2 Å². The van der Waals surface area contributed by atoms with Crippen molar-refractivity contribution in [2.75, 3.05) is 44.2 Å². The highest BCUT2D eigenvalue weighted by Gasteiger charge is 2.64. The number of halogens is 1. The van der Waals surface area contributed by atoms with E-state index < -0.39 is 11.9 Å². The number of ether oxygens (including phenoxy) is 2. The van der Waals surface area contributed by atoms with E-state index in [1.54, 1.807) is 35.2 Å². The van der Waals surface area contributed by atoms with E-state index in [9.17, 15) is 24.4 Å². The Kier molecular flexibility index (Phi) is 11.3. The SMILES string of the molecule is CC1(C)C(NC(=O)c2ccc(OCCCCCN3CCN(c4ccc5c6c([nH]c5c4)C(=O)N(C4CCC(=O)NC4=O)C6)CC3)cc2)C(C)(C)C1Oc1ccc(C#N)c(Cl)c1. The number of hydrogen-bond acceptors (Lipinski definition) is 9. The Labute approximate surface area is 355 Å². The highest BCUT2D eigenvalue weighted by molar-refractivity contribution is 6.31. The molecule has 3 N–H and O–H groups in total. The number of benzene rings is 3. The number of nitriles is 1. The third kappa shape index (κ3) is 7.90. The number of carbonyl (C=O) groups excluding carboxylic acids is 4. The molecule has 4 amide bonds. The standard InChI is InChI=1S/C46H52ClN7O6/c1-45(2)43(46(3,4)44(45)60-32-14-10-29(26-48)35(47)25-32)51-40(56)28-8-12-31(13-9-28)59-23-7-5-6-18-52-19-21-53(22-20-52)30-11-15-33-34-27-54(37-16-17-38(55)50-41(37)57)42(58)39(34)49-36(33)24-30/h8-15,24-25,37,43-44,49H,5-7,16-23,27H2,1-4H3,(H,51,56)(H,50,55,57). The normalized spacial score (nSPS) is 22.2. The minimum absolute atomic E-state index is 0.129. The molecule has 1 unspecified atom stereocenters. The zero-order valence-corrected chi connectivity index (χ0v) is 35.4. The number of aromatic nitrogens is 1. The number of piperidine rings is 1. The Morgan fingerprint density at radius 2 is 1.67 bits per heavy atom. The Morgan fingerprint density at radius 3 is 2.37 bits per heavy atom. The lowest BCUT2D eigenvalue weighted by Gasteiger charge is -2.63. The van der Waals surface area contributed by atoms with Gasteiger partial charge in [0.15, 0.2) is 0 Å². The van der Waals surface area contributed by atoms with Crippen LogP contribution in [0, 0.1) is 22.2 Å². The van der Waals surface area contributed by atoms with Gasteiger partial charge in [0.25, 0.3) is 11.8 Å². The van der Waals surface area contributed by atoms with Gasteiger partial charge in [-0.3, -0.25) is 29.4 Å². The number of amides is 4. The molecule has 8 rings (SSSR count). The molecule has 2 saturated heterocycles. The second kappa shape index (κ2) is 16.5. The summed E-state index contributed by atoms with van der Waals surface area (Å²) < 4.78 is 12.4. The van der Waals surface area contributed by atoms with Crippen molar-refractivity contribution in [2.45, 2.75) is 84.5 Å². The van der Waals surface area contributed by atoms with Crippen molar-refractivity contribution in [1.82, 2.24) is 25.4 Å². The number of anilines is 1. The summed E-state index contributed by atoms with van der Waals surface area (Å²) in [7, 11) is 0. The van der Waals surface area contributed by atoms with Gasteiger partial charge >= 0.3 is 0 Å². The maximum Gasteiger partial charge on any atom is 0.271 e. The highest BCUT2D eigenvalue weighted by Crippen LogP contribution is 2.55. The van der Waals surface area contributed by atoms with Crippen molar-refractivity contribution in [2.24, 2.45) is 10.8 Å². The van der Waals surface area contributed by atoms with Crippen LogP contribution in [0.1, 0.15) is 91.8 Å². The summed E-state index contributed by atoms with van der Waals surface area (Å²) in [6.07, 6.45) is 3.50. The summed E-state index contributed by atoms with van der Waals surface area (Å²) in [4.78, 5) is 60.4. The van der Waals surface area contributed by atoms with Gasteiger partial charge in [-0.2, -0.15) is 5.26 Å². The first kappa shape index (κ1) is 41.2.